The number of rotatable bonds is 9. The number of carbonyl (C=O) groups excluding carboxylic acids is 2. The number of para-hydroxylation sites is 1. The van der Waals surface area contributed by atoms with Gasteiger partial charge >= 0.3 is 0 Å². The summed E-state index contributed by atoms with van der Waals surface area (Å²) < 4.78 is 21.8. The Labute approximate surface area is 210 Å². The van der Waals surface area contributed by atoms with Crippen LogP contribution in [0.2, 0.25) is 0 Å². The highest BCUT2D eigenvalue weighted by Crippen LogP contribution is 2.45. The lowest BCUT2D eigenvalue weighted by molar-refractivity contribution is -0.140. The Hall–Kier alpha value is -3.56. The summed E-state index contributed by atoms with van der Waals surface area (Å²) in [4.78, 5) is 30.4. The Kier molecular flexibility index (Phi) is 8.12. The molecule has 0 saturated carbocycles. The second-order valence-electron chi connectivity index (χ2n) is 8.61. The van der Waals surface area contributed by atoms with Crippen molar-refractivity contribution in [1.29, 1.82) is 0 Å². The van der Waals surface area contributed by atoms with E-state index >= 15 is 0 Å². The Balaban J connectivity index is 1.77. The molecule has 1 N–H and O–H groups in total. The highest BCUT2D eigenvalue weighted by molar-refractivity contribution is 6.46. The van der Waals surface area contributed by atoms with E-state index in [1.807, 2.05) is 0 Å². The first-order valence-electron chi connectivity index (χ1n) is 11.9. The molecular formula is C27H32N2O7. The topological polar surface area (TPSA) is 97.8 Å². The molecule has 9 nitrogen and oxygen atoms in total. The molecule has 2 saturated heterocycles. The summed E-state index contributed by atoms with van der Waals surface area (Å²) in [6.07, 6.45) is 0.662. The van der Waals surface area contributed by atoms with Gasteiger partial charge in [0.15, 0.2) is 11.5 Å². The van der Waals surface area contributed by atoms with Crippen molar-refractivity contribution >= 4 is 17.4 Å². The van der Waals surface area contributed by atoms with Crippen molar-refractivity contribution in [2.75, 3.05) is 60.7 Å². The number of morpholine rings is 1. The van der Waals surface area contributed by atoms with Crippen molar-refractivity contribution in [3.05, 3.63) is 59.2 Å². The van der Waals surface area contributed by atoms with E-state index in [0.717, 1.165) is 19.6 Å². The van der Waals surface area contributed by atoms with E-state index in [4.69, 9.17) is 18.9 Å². The quantitative estimate of drug-likeness (QED) is 0.322. The molecule has 0 aromatic heterocycles. The number of aliphatic hydroxyl groups excluding tert-OH is 1. The first-order chi connectivity index (χ1) is 17.5. The minimum Gasteiger partial charge on any atom is -0.507 e. The van der Waals surface area contributed by atoms with Crippen LogP contribution in [0.5, 0.6) is 17.2 Å². The van der Waals surface area contributed by atoms with Crippen molar-refractivity contribution in [3.63, 3.8) is 0 Å². The standard InChI is InChI=1S/C27H32N2O7/c1-33-19-8-4-7-18(17-19)24(30)22-23(20-9-5-10-21(34-2)26(20)35-3)29(27(32)25(22)31)12-6-11-28-13-15-36-16-14-28/h4-5,7-10,17,23,30H,6,11-16H2,1-3H3/t23-/m1/s1. The zero-order valence-electron chi connectivity index (χ0n) is 20.9. The zero-order valence-corrected chi connectivity index (χ0v) is 20.9. The summed E-state index contributed by atoms with van der Waals surface area (Å²) >= 11 is 0. The van der Waals surface area contributed by atoms with Crippen LogP contribution in [0, 0.1) is 0 Å². The second kappa shape index (κ2) is 11.5. The first-order valence-corrected chi connectivity index (χ1v) is 11.9. The van der Waals surface area contributed by atoms with E-state index < -0.39 is 17.7 Å². The summed E-state index contributed by atoms with van der Waals surface area (Å²) in [5, 5.41) is 11.3. The van der Waals surface area contributed by atoms with Gasteiger partial charge < -0.3 is 29.0 Å². The van der Waals surface area contributed by atoms with Gasteiger partial charge in [0.05, 0.1) is 46.2 Å². The molecular weight excluding hydrogens is 464 g/mol. The molecule has 192 valence electrons. The van der Waals surface area contributed by atoms with Crippen LogP contribution < -0.4 is 14.2 Å². The van der Waals surface area contributed by atoms with Gasteiger partial charge in [-0.15, -0.1) is 0 Å². The van der Waals surface area contributed by atoms with Crippen molar-refractivity contribution in [2.45, 2.75) is 12.5 Å². The second-order valence-corrected chi connectivity index (χ2v) is 8.61. The summed E-state index contributed by atoms with van der Waals surface area (Å²) in [6, 6.07) is 11.2. The molecule has 2 fully saturated rings. The maximum absolute atomic E-state index is 13.3. The van der Waals surface area contributed by atoms with Crippen LogP contribution in [0.15, 0.2) is 48.0 Å². The molecule has 0 unspecified atom stereocenters. The van der Waals surface area contributed by atoms with E-state index in [1.165, 1.54) is 26.2 Å². The third-order valence-electron chi connectivity index (χ3n) is 6.59. The third kappa shape index (κ3) is 5.03. The fraction of sp³-hybridized carbons (Fsp3) is 0.407. The molecule has 2 aliphatic heterocycles. The molecule has 2 heterocycles. The Bertz CT molecular complexity index is 1140. The van der Waals surface area contributed by atoms with Gasteiger partial charge in [0, 0.05) is 37.3 Å². The fourth-order valence-electron chi connectivity index (χ4n) is 4.78. The van der Waals surface area contributed by atoms with Crippen molar-refractivity contribution in [3.8, 4) is 17.2 Å². The summed E-state index contributed by atoms with van der Waals surface area (Å²) in [7, 11) is 4.55. The maximum Gasteiger partial charge on any atom is 0.295 e. The molecule has 2 aromatic carbocycles. The van der Waals surface area contributed by atoms with Crippen LogP contribution in [-0.2, 0) is 14.3 Å². The van der Waals surface area contributed by atoms with Crippen molar-refractivity contribution in [1.82, 2.24) is 9.80 Å². The maximum atomic E-state index is 13.3. The van der Waals surface area contributed by atoms with E-state index in [2.05, 4.69) is 4.90 Å². The number of carbonyl (C=O) groups is 2. The van der Waals surface area contributed by atoms with Gasteiger partial charge in [-0.1, -0.05) is 24.3 Å². The number of benzene rings is 2. The zero-order chi connectivity index (χ0) is 25.7. The molecule has 0 bridgehead atoms. The minimum absolute atomic E-state index is 0.00572. The van der Waals surface area contributed by atoms with Crippen LogP contribution in [0.4, 0.5) is 0 Å². The van der Waals surface area contributed by atoms with Gasteiger partial charge in [0.2, 0.25) is 0 Å². The monoisotopic (exact) mass is 496 g/mol. The molecule has 36 heavy (non-hydrogen) atoms. The number of likely N-dealkylation sites (tertiary alicyclic amines) is 1. The molecule has 0 radical (unpaired) electrons. The molecule has 2 aliphatic rings. The summed E-state index contributed by atoms with van der Waals surface area (Å²) in [5.74, 6) is -0.267. The van der Waals surface area contributed by atoms with Crippen LogP contribution in [0.25, 0.3) is 5.76 Å². The lowest BCUT2D eigenvalue weighted by Crippen LogP contribution is -2.39. The normalized spacial score (nSPS) is 20.0. The third-order valence-corrected chi connectivity index (χ3v) is 6.59. The average Bonchev–Trinajstić information content (AvgIpc) is 3.17. The highest BCUT2D eigenvalue weighted by atomic mass is 16.5. The largest absolute Gasteiger partial charge is 0.507 e. The molecule has 2 aromatic rings. The fourth-order valence-corrected chi connectivity index (χ4v) is 4.78. The Morgan fingerprint density at radius 1 is 1.00 bits per heavy atom. The number of aliphatic hydroxyl groups is 1. The number of Topliss-reactive ketones (excluding diaryl/α,β-unsaturated/α-hetero) is 1. The van der Waals surface area contributed by atoms with E-state index in [-0.39, 0.29) is 11.3 Å². The number of methoxy groups -OCH3 is 3. The number of nitrogens with zero attached hydrogens (tertiary/aromatic N) is 2. The minimum atomic E-state index is -0.842. The van der Waals surface area contributed by atoms with E-state index in [0.29, 0.717) is 54.6 Å². The predicted molar refractivity (Wildman–Crippen MR) is 133 cm³/mol. The Morgan fingerprint density at radius 3 is 2.44 bits per heavy atom. The molecule has 4 rings (SSSR count). The highest BCUT2D eigenvalue weighted by Gasteiger charge is 2.47. The smallest absolute Gasteiger partial charge is 0.295 e. The molecule has 0 aliphatic carbocycles. The number of hydrogen-bond acceptors (Lipinski definition) is 8. The molecule has 1 atom stereocenters. The van der Waals surface area contributed by atoms with Gasteiger partial charge in [-0.3, -0.25) is 14.5 Å². The number of amides is 1. The van der Waals surface area contributed by atoms with Crippen LogP contribution in [0.1, 0.15) is 23.6 Å². The Morgan fingerprint density at radius 2 is 1.75 bits per heavy atom. The van der Waals surface area contributed by atoms with Gasteiger partial charge in [0.1, 0.15) is 11.5 Å². The predicted octanol–water partition coefficient (Wildman–Crippen LogP) is 2.86. The van der Waals surface area contributed by atoms with Crippen LogP contribution in [0.3, 0.4) is 0 Å². The SMILES string of the molecule is COc1cccc(C(O)=C2C(=O)C(=O)N(CCCN3CCOCC3)[C@@H]2c2cccc(OC)c2OC)c1. The molecule has 0 spiro atoms. The van der Waals surface area contributed by atoms with Crippen LogP contribution in [-0.4, -0.2) is 87.3 Å². The van der Waals surface area contributed by atoms with Gasteiger partial charge in [-0.25, -0.2) is 0 Å². The summed E-state index contributed by atoms with van der Waals surface area (Å²) in [5.41, 5.74) is 0.950. The summed E-state index contributed by atoms with van der Waals surface area (Å²) in [6.45, 7) is 4.15. The van der Waals surface area contributed by atoms with E-state index in [1.54, 1.807) is 42.5 Å². The number of ether oxygens (including phenoxy) is 4. The first kappa shape index (κ1) is 25.5. The van der Waals surface area contributed by atoms with Gasteiger partial charge in [-0.2, -0.15) is 0 Å². The van der Waals surface area contributed by atoms with Crippen LogP contribution >= 0.6 is 0 Å². The van der Waals surface area contributed by atoms with Gasteiger partial charge in [0.25, 0.3) is 11.7 Å². The number of ketones is 1. The lowest BCUT2D eigenvalue weighted by Gasteiger charge is -2.30. The lowest BCUT2D eigenvalue weighted by atomic mass is 9.94. The number of hydrogen-bond donors (Lipinski definition) is 1. The molecule has 1 amide bonds. The average molecular weight is 497 g/mol. The van der Waals surface area contributed by atoms with Crippen molar-refractivity contribution < 1.29 is 33.6 Å². The van der Waals surface area contributed by atoms with Crippen molar-refractivity contribution in [2.24, 2.45) is 0 Å². The van der Waals surface area contributed by atoms with E-state index in [9.17, 15) is 14.7 Å². The molecule has 9 heteroatoms. The van der Waals surface area contributed by atoms with Gasteiger partial charge in [-0.05, 0) is 24.6 Å².